The third-order valence-electron chi connectivity index (χ3n) is 4.99. The van der Waals surface area contributed by atoms with Crippen LogP contribution in [0.25, 0.3) is 0 Å². The highest BCUT2D eigenvalue weighted by atomic mass is 127. The summed E-state index contributed by atoms with van der Waals surface area (Å²) >= 11 is 1.95. The summed E-state index contributed by atoms with van der Waals surface area (Å²) in [6, 6.07) is 12.6. The first-order valence-electron chi connectivity index (χ1n) is 9.55. The van der Waals surface area contributed by atoms with Crippen molar-refractivity contribution in [1.82, 2.24) is 10.2 Å². The van der Waals surface area contributed by atoms with Gasteiger partial charge in [0.15, 0.2) is 0 Å². The Morgan fingerprint density at radius 2 is 1.68 bits per heavy atom. The van der Waals surface area contributed by atoms with Crippen molar-refractivity contribution in [3.63, 3.8) is 0 Å². The molecule has 0 aliphatic carbocycles. The van der Waals surface area contributed by atoms with Gasteiger partial charge in [-0.15, -0.1) is 0 Å². The van der Waals surface area contributed by atoms with Crippen LogP contribution in [0.15, 0.2) is 42.5 Å². The van der Waals surface area contributed by atoms with E-state index in [4.69, 9.17) is 0 Å². The van der Waals surface area contributed by atoms with Gasteiger partial charge in [-0.2, -0.15) is 0 Å². The van der Waals surface area contributed by atoms with Crippen molar-refractivity contribution in [2.75, 3.05) is 13.1 Å². The van der Waals surface area contributed by atoms with E-state index in [1.165, 1.54) is 62.5 Å². The Morgan fingerprint density at radius 3 is 2.29 bits per heavy atom. The predicted molar refractivity (Wildman–Crippen MR) is 117 cm³/mol. The molecule has 0 aromatic heterocycles. The zero-order valence-corrected chi connectivity index (χ0v) is 17.9. The van der Waals surface area contributed by atoms with Crippen LogP contribution in [-0.2, 0) is 13.1 Å². The summed E-state index contributed by atoms with van der Waals surface area (Å²) in [5.74, 6) is -0.229. The number of carbonyl (C=O) groups excluding carboxylic acids is 1. The number of likely N-dealkylation sites (tertiary alicyclic amines) is 1. The molecule has 3 rings (SSSR count). The molecule has 1 heterocycles. The van der Waals surface area contributed by atoms with Gasteiger partial charge >= 0.3 is 0 Å². The number of carbonyl (C=O) groups is 1. The molecule has 7 heteroatoms. The van der Waals surface area contributed by atoms with Crippen molar-refractivity contribution < 1.29 is 9.72 Å². The Labute approximate surface area is 178 Å². The molecule has 0 atom stereocenters. The van der Waals surface area contributed by atoms with Crippen molar-refractivity contribution in [3.05, 3.63) is 72.8 Å². The van der Waals surface area contributed by atoms with Crippen molar-refractivity contribution in [2.45, 2.75) is 38.8 Å². The fraction of sp³-hybridized carbons (Fsp3) is 0.381. The lowest BCUT2D eigenvalue weighted by Crippen LogP contribution is -2.24. The van der Waals surface area contributed by atoms with Crippen LogP contribution >= 0.6 is 22.6 Å². The molecule has 1 aliphatic rings. The number of nitro groups is 1. The third-order valence-corrected chi connectivity index (χ3v) is 5.88. The summed E-state index contributed by atoms with van der Waals surface area (Å²) in [6.45, 7) is 3.75. The lowest BCUT2D eigenvalue weighted by molar-refractivity contribution is -0.384. The van der Waals surface area contributed by atoms with E-state index in [0.29, 0.717) is 15.7 Å². The van der Waals surface area contributed by atoms with Gasteiger partial charge in [-0.1, -0.05) is 37.1 Å². The van der Waals surface area contributed by atoms with Crippen molar-refractivity contribution >= 4 is 34.2 Å². The summed E-state index contributed by atoms with van der Waals surface area (Å²) in [5.41, 5.74) is 2.76. The largest absolute Gasteiger partial charge is 0.348 e. The average Bonchev–Trinajstić information content (AvgIpc) is 2.95. The van der Waals surface area contributed by atoms with Crippen LogP contribution in [0.1, 0.15) is 47.2 Å². The Kier molecular flexibility index (Phi) is 7.38. The molecule has 6 nitrogen and oxygen atoms in total. The number of halogens is 1. The van der Waals surface area contributed by atoms with E-state index < -0.39 is 4.92 Å². The molecule has 1 N–H and O–H groups in total. The molecule has 0 radical (unpaired) electrons. The summed E-state index contributed by atoms with van der Waals surface area (Å²) in [4.78, 5) is 25.3. The number of amides is 1. The number of hydrogen-bond donors (Lipinski definition) is 1. The van der Waals surface area contributed by atoms with Crippen LogP contribution in [0.5, 0.6) is 0 Å². The number of benzene rings is 2. The molecular weight excluding hydrogens is 469 g/mol. The molecular formula is C21H24IN3O3. The lowest BCUT2D eigenvalue weighted by Gasteiger charge is -2.19. The minimum absolute atomic E-state index is 0.0130. The minimum Gasteiger partial charge on any atom is -0.348 e. The molecule has 0 unspecified atom stereocenters. The van der Waals surface area contributed by atoms with Crippen LogP contribution in [-0.4, -0.2) is 28.8 Å². The summed E-state index contributed by atoms with van der Waals surface area (Å²) in [5, 5.41) is 13.7. The predicted octanol–water partition coefficient (Wildman–Crippen LogP) is 4.51. The molecule has 2 aromatic rings. The quantitative estimate of drug-likeness (QED) is 0.365. The van der Waals surface area contributed by atoms with Crippen molar-refractivity contribution in [3.8, 4) is 0 Å². The first-order valence-corrected chi connectivity index (χ1v) is 10.6. The van der Waals surface area contributed by atoms with E-state index in [2.05, 4.69) is 22.3 Å². The highest BCUT2D eigenvalue weighted by molar-refractivity contribution is 14.1. The van der Waals surface area contributed by atoms with Gasteiger partial charge in [0.25, 0.3) is 11.6 Å². The number of nitro benzene ring substituents is 1. The molecule has 28 heavy (non-hydrogen) atoms. The SMILES string of the molecule is O=C(NCc1ccc(CN2CCCCCC2)cc1)c1ccc([N+](=O)[O-])cc1I. The van der Waals surface area contributed by atoms with Crippen molar-refractivity contribution in [1.29, 1.82) is 0 Å². The fourth-order valence-corrected chi connectivity index (χ4v) is 4.14. The van der Waals surface area contributed by atoms with E-state index in [1.807, 2.05) is 34.7 Å². The van der Waals surface area contributed by atoms with Gasteiger partial charge in [-0.3, -0.25) is 19.8 Å². The third kappa shape index (κ3) is 5.75. The second-order valence-electron chi connectivity index (χ2n) is 7.11. The maximum Gasteiger partial charge on any atom is 0.270 e. The van der Waals surface area contributed by atoms with Crippen LogP contribution in [0.4, 0.5) is 5.69 Å². The van der Waals surface area contributed by atoms with Gasteiger partial charge in [-0.05, 0) is 65.7 Å². The van der Waals surface area contributed by atoms with Gasteiger partial charge in [0.2, 0.25) is 0 Å². The fourth-order valence-electron chi connectivity index (χ4n) is 3.39. The van der Waals surface area contributed by atoms with E-state index >= 15 is 0 Å². The Bertz CT molecular complexity index is 831. The Hall–Kier alpha value is -2.00. The van der Waals surface area contributed by atoms with Gasteiger partial charge in [0.05, 0.1) is 10.5 Å². The van der Waals surface area contributed by atoms with Gasteiger partial charge < -0.3 is 5.32 Å². The molecule has 1 saturated heterocycles. The zero-order chi connectivity index (χ0) is 19.9. The molecule has 1 fully saturated rings. The Morgan fingerprint density at radius 1 is 1.04 bits per heavy atom. The van der Waals surface area contributed by atoms with Gasteiger partial charge in [0, 0.05) is 28.8 Å². The molecule has 0 spiro atoms. The minimum atomic E-state index is -0.461. The van der Waals surface area contributed by atoms with E-state index in [9.17, 15) is 14.9 Å². The van der Waals surface area contributed by atoms with Gasteiger partial charge in [-0.25, -0.2) is 0 Å². The molecule has 2 aromatic carbocycles. The van der Waals surface area contributed by atoms with Crippen LogP contribution in [0, 0.1) is 13.7 Å². The first kappa shape index (κ1) is 20.7. The standard InChI is InChI=1S/C21H24IN3O3/c22-20-13-18(25(27)28)9-10-19(20)21(26)23-14-16-5-7-17(8-6-16)15-24-11-3-1-2-4-12-24/h5-10,13H,1-4,11-12,14-15H2,(H,23,26). The van der Waals surface area contributed by atoms with E-state index in [-0.39, 0.29) is 11.6 Å². The van der Waals surface area contributed by atoms with E-state index in [1.54, 1.807) is 0 Å². The van der Waals surface area contributed by atoms with Crippen LogP contribution in [0.3, 0.4) is 0 Å². The number of non-ortho nitro benzene ring substituents is 1. The molecule has 1 aliphatic heterocycles. The van der Waals surface area contributed by atoms with Crippen LogP contribution in [0.2, 0.25) is 0 Å². The molecule has 1 amide bonds. The number of hydrogen-bond acceptors (Lipinski definition) is 4. The highest BCUT2D eigenvalue weighted by Gasteiger charge is 2.14. The number of nitrogens with one attached hydrogen (secondary N) is 1. The number of rotatable bonds is 6. The zero-order valence-electron chi connectivity index (χ0n) is 15.7. The first-order chi connectivity index (χ1) is 13.5. The van der Waals surface area contributed by atoms with E-state index in [0.717, 1.165) is 12.1 Å². The normalized spacial score (nSPS) is 15.0. The van der Waals surface area contributed by atoms with Gasteiger partial charge in [0.1, 0.15) is 0 Å². The molecule has 0 saturated carbocycles. The maximum atomic E-state index is 12.4. The Balaban J connectivity index is 1.54. The highest BCUT2D eigenvalue weighted by Crippen LogP contribution is 2.20. The topological polar surface area (TPSA) is 75.5 Å². The molecule has 148 valence electrons. The summed E-state index contributed by atoms with van der Waals surface area (Å²) < 4.78 is 0.567. The summed E-state index contributed by atoms with van der Waals surface area (Å²) in [6.07, 6.45) is 5.24. The maximum absolute atomic E-state index is 12.4. The smallest absolute Gasteiger partial charge is 0.270 e. The second-order valence-corrected chi connectivity index (χ2v) is 8.27. The lowest BCUT2D eigenvalue weighted by atomic mass is 10.1. The monoisotopic (exact) mass is 493 g/mol. The number of nitrogens with zero attached hydrogens (tertiary/aromatic N) is 2. The molecule has 0 bridgehead atoms. The van der Waals surface area contributed by atoms with Crippen LogP contribution < -0.4 is 5.32 Å². The average molecular weight is 493 g/mol. The second kappa shape index (κ2) is 9.97. The van der Waals surface area contributed by atoms with Crippen molar-refractivity contribution in [2.24, 2.45) is 0 Å². The summed E-state index contributed by atoms with van der Waals surface area (Å²) in [7, 11) is 0.